The summed E-state index contributed by atoms with van der Waals surface area (Å²) in [5.74, 6) is 1.01. The van der Waals surface area contributed by atoms with E-state index >= 15 is 0 Å². The van der Waals surface area contributed by atoms with Crippen molar-refractivity contribution in [3.05, 3.63) is 89.5 Å². The zero-order valence-electron chi connectivity index (χ0n) is 14.7. The van der Waals surface area contributed by atoms with Crippen molar-refractivity contribution < 1.29 is 13.2 Å². The highest BCUT2D eigenvalue weighted by molar-refractivity contribution is 7.90. The zero-order valence-corrected chi connectivity index (χ0v) is 15.5. The summed E-state index contributed by atoms with van der Waals surface area (Å²) in [6.45, 7) is 2.52. The maximum Gasteiger partial charge on any atom is 0.286 e. The Bertz CT molecular complexity index is 1120. The third-order valence-electron chi connectivity index (χ3n) is 4.25. The molecule has 136 valence electrons. The van der Waals surface area contributed by atoms with Gasteiger partial charge in [0.15, 0.2) is 5.84 Å². The number of anilines is 1. The minimum Gasteiger partial charge on any atom is -0.489 e. The topological polar surface area (TPSA) is 67.8 Å². The summed E-state index contributed by atoms with van der Waals surface area (Å²) in [6, 6.07) is 22.1. The Hall–Kier alpha value is -3.12. The van der Waals surface area contributed by atoms with Gasteiger partial charge in [-0.1, -0.05) is 42.0 Å². The molecular weight excluding hydrogens is 360 g/mol. The maximum absolute atomic E-state index is 12.4. The van der Waals surface area contributed by atoms with E-state index in [1.807, 2.05) is 37.3 Å². The van der Waals surface area contributed by atoms with E-state index in [0.717, 1.165) is 5.56 Å². The largest absolute Gasteiger partial charge is 0.489 e. The molecule has 0 bridgehead atoms. The first-order valence-corrected chi connectivity index (χ1v) is 9.95. The predicted molar refractivity (Wildman–Crippen MR) is 106 cm³/mol. The van der Waals surface area contributed by atoms with Gasteiger partial charge in [0.25, 0.3) is 10.0 Å². The van der Waals surface area contributed by atoms with Gasteiger partial charge in [0, 0.05) is 5.56 Å². The second-order valence-corrected chi connectivity index (χ2v) is 7.91. The summed E-state index contributed by atoms with van der Waals surface area (Å²) in [5, 5.41) is 3.08. The minimum atomic E-state index is -3.71. The van der Waals surface area contributed by atoms with Crippen molar-refractivity contribution in [2.24, 2.45) is 4.40 Å². The number of benzene rings is 3. The molecule has 0 amide bonds. The van der Waals surface area contributed by atoms with Crippen LogP contribution in [0.15, 0.2) is 82.1 Å². The standard InChI is InChI=1S/C21H18N2O3S/c1-15-5-4-6-16(13-15)14-26-18-11-9-17(10-12-18)21-22-19-7-2-3-8-20(19)27(24,25)23-21/h2-13H,14H2,1H3,(H,22,23). The molecule has 0 aliphatic carbocycles. The molecule has 1 aliphatic rings. The molecule has 0 spiro atoms. The van der Waals surface area contributed by atoms with Crippen LogP contribution in [-0.2, 0) is 16.6 Å². The Morgan fingerprint density at radius 3 is 2.52 bits per heavy atom. The number of hydrogen-bond acceptors (Lipinski definition) is 4. The van der Waals surface area contributed by atoms with E-state index in [0.29, 0.717) is 29.4 Å². The minimum absolute atomic E-state index is 0.187. The van der Waals surface area contributed by atoms with Gasteiger partial charge >= 0.3 is 0 Å². The van der Waals surface area contributed by atoms with Gasteiger partial charge in [-0.05, 0) is 48.9 Å². The van der Waals surface area contributed by atoms with Crippen LogP contribution < -0.4 is 10.1 Å². The van der Waals surface area contributed by atoms with Gasteiger partial charge in [0.05, 0.1) is 5.69 Å². The van der Waals surface area contributed by atoms with Crippen LogP contribution in [0, 0.1) is 6.92 Å². The third kappa shape index (κ3) is 3.71. The molecule has 1 N–H and O–H groups in total. The lowest BCUT2D eigenvalue weighted by Gasteiger charge is -2.18. The molecule has 0 atom stereocenters. The van der Waals surface area contributed by atoms with Gasteiger partial charge in [-0.25, -0.2) is 0 Å². The number of amidine groups is 1. The Morgan fingerprint density at radius 2 is 1.74 bits per heavy atom. The Morgan fingerprint density at radius 1 is 0.963 bits per heavy atom. The average molecular weight is 378 g/mol. The number of nitrogens with one attached hydrogen (secondary N) is 1. The van der Waals surface area contributed by atoms with Gasteiger partial charge in [0.1, 0.15) is 17.3 Å². The second-order valence-electron chi connectivity index (χ2n) is 6.34. The smallest absolute Gasteiger partial charge is 0.286 e. The van der Waals surface area contributed by atoms with Crippen LogP contribution in [-0.4, -0.2) is 14.3 Å². The highest BCUT2D eigenvalue weighted by Gasteiger charge is 2.24. The van der Waals surface area contributed by atoms with Crippen molar-refractivity contribution >= 4 is 21.5 Å². The predicted octanol–water partition coefficient (Wildman–Crippen LogP) is 4.14. The fourth-order valence-electron chi connectivity index (χ4n) is 2.92. The molecule has 1 aliphatic heterocycles. The number of fused-ring (bicyclic) bond motifs is 1. The molecule has 0 saturated heterocycles. The molecular formula is C21H18N2O3S. The molecule has 27 heavy (non-hydrogen) atoms. The van der Waals surface area contributed by atoms with Crippen molar-refractivity contribution in [1.29, 1.82) is 0 Å². The van der Waals surface area contributed by atoms with E-state index < -0.39 is 10.0 Å². The molecule has 3 aromatic rings. The molecule has 6 heteroatoms. The Labute approximate surface area is 158 Å². The van der Waals surface area contributed by atoms with Crippen LogP contribution in [0.5, 0.6) is 5.75 Å². The lowest BCUT2D eigenvalue weighted by molar-refractivity contribution is 0.306. The number of sulfonamides is 1. The van der Waals surface area contributed by atoms with Gasteiger partial charge in [-0.15, -0.1) is 4.40 Å². The number of para-hydroxylation sites is 1. The molecule has 0 fully saturated rings. The van der Waals surface area contributed by atoms with Crippen LogP contribution >= 0.6 is 0 Å². The second kappa shape index (κ2) is 6.89. The first kappa shape index (κ1) is 17.3. The average Bonchev–Trinajstić information content (AvgIpc) is 2.66. The van der Waals surface area contributed by atoms with E-state index in [-0.39, 0.29) is 4.90 Å². The van der Waals surface area contributed by atoms with E-state index in [2.05, 4.69) is 15.8 Å². The number of hydrogen-bond donors (Lipinski definition) is 1. The molecule has 4 rings (SSSR count). The van der Waals surface area contributed by atoms with Gasteiger partial charge in [0.2, 0.25) is 0 Å². The molecule has 0 unspecified atom stereocenters. The quantitative estimate of drug-likeness (QED) is 0.741. The van der Waals surface area contributed by atoms with Gasteiger partial charge in [-0.2, -0.15) is 8.42 Å². The highest BCUT2D eigenvalue weighted by Crippen LogP contribution is 2.28. The van der Waals surface area contributed by atoms with E-state index in [9.17, 15) is 8.42 Å². The van der Waals surface area contributed by atoms with Gasteiger partial charge in [-0.3, -0.25) is 0 Å². The number of nitrogens with zero attached hydrogens (tertiary/aromatic N) is 1. The molecule has 1 heterocycles. The lowest BCUT2D eigenvalue weighted by atomic mass is 10.1. The highest BCUT2D eigenvalue weighted by atomic mass is 32.2. The van der Waals surface area contributed by atoms with E-state index in [4.69, 9.17) is 4.74 Å². The zero-order chi connectivity index (χ0) is 18.9. The van der Waals surface area contributed by atoms with Crippen molar-refractivity contribution in [2.75, 3.05) is 5.32 Å². The summed E-state index contributed by atoms with van der Waals surface area (Å²) in [5.41, 5.74) is 3.49. The summed E-state index contributed by atoms with van der Waals surface area (Å²) in [4.78, 5) is 0.187. The summed E-state index contributed by atoms with van der Waals surface area (Å²) in [6.07, 6.45) is 0. The van der Waals surface area contributed by atoms with Crippen LogP contribution in [0.1, 0.15) is 16.7 Å². The number of aryl methyl sites for hydroxylation is 1. The van der Waals surface area contributed by atoms with E-state index in [1.165, 1.54) is 5.56 Å². The number of rotatable bonds is 4. The molecule has 0 radical (unpaired) electrons. The number of ether oxygens (including phenoxy) is 1. The molecule has 0 saturated carbocycles. The fourth-order valence-corrected chi connectivity index (χ4v) is 4.05. The van der Waals surface area contributed by atoms with Crippen molar-refractivity contribution in [3.63, 3.8) is 0 Å². The monoisotopic (exact) mass is 378 g/mol. The first-order chi connectivity index (χ1) is 13.0. The lowest BCUT2D eigenvalue weighted by Crippen LogP contribution is -2.22. The van der Waals surface area contributed by atoms with Crippen molar-refractivity contribution in [3.8, 4) is 5.75 Å². The van der Waals surface area contributed by atoms with Crippen LogP contribution in [0.3, 0.4) is 0 Å². The Balaban J connectivity index is 1.52. The molecule has 5 nitrogen and oxygen atoms in total. The van der Waals surface area contributed by atoms with Crippen molar-refractivity contribution in [2.45, 2.75) is 18.4 Å². The van der Waals surface area contributed by atoms with Crippen LogP contribution in [0.4, 0.5) is 5.69 Å². The maximum atomic E-state index is 12.4. The molecule has 3 aromatic carbocycles. The first-order valence-electron chi connectivity index (χ1n) is 8.51. The molecule has 0 aromatic heterocycles. The fraction of sp³-hybridized carbons (Fsp3) is 0.0952. The van der Waals surface area contributed by atoms with Crippen molar-refractivity contribution in [1.82, 2.24) is 0 Å². The summed E-state index contributed by atoms with van der Waals surface area (Å²) in [7, 11) is -3.71. The summed E-state index contributed by atoms with van der Waals surface area (Å²) >= 11 is 0. The third-order valence-corrected chi connectivity index (χ3v) is 5.58. The van der Waals surface area contributed by atoms with E-state index in [1.54, 1.807) is 36.4 Å². The normalized spacial score (nSPS) is 14.6. The van der Waals surface area contributed by atoms with Crippen LogP contribution in [0.2, 0.25) is 0 Å². The van der Waals surface area contributed by atoms with Gasteiger partial charge < -0.3 is 10.1 Å². The van der Waals surface area contributed by atoms with Crippen LogP contribution in [0.25, 0.3) is 0 Å². The summed E-state index contributed by atoms with van der Waals surface area (Å²) < 4.78 is 34.4. The Kier molecular flexibility index (Phi) is 4.41. The SMILES string of the molecule is Cc1cccc(COc2ccc(C3=NS(=O)(=O)c4ccccc4N3)cc2)c1.